The Bertz CT molecular complexity index is 1200. The zero-order valence-electron chi connectivity index (χ0n) is 20.6. The first kappa shape index (κ1) is 27.8. The van der Waals surface area contributed by atoms with Gasteiger partial charge < -0.3 is 31.3 Å². The third-order valence-electron chi connectivity index (χ3n) is 6.60. The van der Waals surface area contributed by atoms with E-state index in [1.807, 2.05) is 18.2 Å². The van der Waals surface area contributed by atoms with Crippen molar-refractivity contribution < 1.29 is 33.3 Å². The number of halogens is 2. The van der Waals surface area contributed by atoms with Gasteiger partial charge in [-0.15, -0.1) is 0 Å². The van der Waals surface area contributed by atoms with Gasteiger partial charge in [-0.2, -0.15) is 0 Å². The van der Waals surface area contributed by atoms with Crippen molar-refractivity contribution in [2.75, 3.05) is 20.7 Å². The van der Waals surface area contributed by atoms with Gasteiger partial charge in [0.2, 0.25) is 5.91 Å². The van der Waals surface area contributed by atoms with E-state index < -0.39 is 40.9 Å². The van der Waals surface area contributed by atoms with Crippen LogP contribution in [0.3, 0.4) is 0 Å². The number of hydrogen-bond donors (Lipinski definition) is 5. The van der Waals surface area contributed by atoms with Crippen LogP contribution in [0.25, 0.3) is 0 Å². The molecule has 6 N–H and O–H groups in total. The SMILES string of the molecule is CNC(=O)C1=C(O)C=CC(C(N)=O)([C@H](Cc2cc(F)cc(F)c2)[C@@H](O)CNCc2cccc(OC)c2)C1. The standard InChI is InChI=1S/C27H31F2N3O5/c1-31-25(35)21-13-27(26(30)36,7-6-23(21)33)22(11-17-8-18(28)12-19(29)9-17)24(34)15-32-14-16-4-3-5-20(10-16)37-2/h3-10,12,22,24,32-34H,11,13-15H2,1-2H3,(H2,30,36)(H,31,35)/t22-,24+,27?/m1/s1. The highest BCUT2D eigenvalue weighted by Crippen LogP contribution is 2.43. The number of carbonyl (C=O) groups excluding carboxylic acids is 2. The van der Waals surface area contributed by atoms with Crippen molar-refractivity contribution in [1.82, 2.24) is 10.6 Å². The van der Waals surface area contributed by atoms with Crippen molar-refractivity contribution in [1.29, 1.82) is 0 Å². The second-order valence-electron chi connectivity index (χ2n) is 9.00. The summed E-state index contributed by atoms with van der Waals surface area (Å²) in [5.41, 5.74) is 5.20. The van der Waals surface area contributed by atoms with Gasteiger partial charge in [0.15, 0.2) is 0 Å². The minimum Gasteiger partial charge on any atom is -0.507 e. The average Bonchev–Trinajstić information content (AvgIpc) is 2.86. The van der Waals surface area contributed by atoms with Crippen LogP contribution in [0.15, 0.2) is 65.9 Å². The van der Waals surface area contributed by atoms with Gasteiger partial charge >= 0.3 is 0 Å². The number of nitrogens with one attached hydrogen (secondary N) is 2. The summed E-state index contributed by atoms with van der Waals surface area (Å²) in [6, 6.07) is 10.3. The molecule has 0 saturated heterocycles. The van der Waals surface area contributed by atoms with Crippen molar-refractivity contribution in [2.24, 2.45) is 17.1 Å². The number of aliphatic hydroxyl groups excluding tert-OH is 2. The first-order chi connectivity index (χ1) is 17.6. The fraction of sp³-hybridized carbons (Fsp3) is 0.333. The average molecular weight is 516 g/mol. The van der Waals surface area contributed by atoms with Crippen molar-refractivity contribution in [3.8, 4) is 5.75 Å². The topological polar surface area (TPSA) is 134 Å². The highest BCUT2D eigenvalue weighted by Gasteiger charge is 2.48. The Kier molecular flexibility index (Phi) is 9.01. The van der Waals surface area contributed by atoms with E-state index in [1.54, 1.807) is 13.2 Å². The quantitative estimate of drug-likeness (QED) is 0.312. The number of nitrogens with two attached hydrogens (primary N) is 1. The summed E-state index contributed by atoms with van der Waals surface area (Å²) in [5, 5.41) is 27.1. The largest absolute Gasteiger partial charge is 0.507 e. The Balaban J connectivity index is 1.93. The second kappa shape index (κ2) is 12.0. The van der Waals surface area contributed by atoms with Crippen LogP contribution in [0, 0.1) is 23.0 Å². The summed E-state index contributed by atoms with van der Waals surface area (Å²) < 4.78 is 33.2. The zero-order valence-corrected chi connectivity index (χ0v) is 20.6. The molecule has 0 heterocycles. The highest BCUT2D eigenvalue weighted by atomic mass is 19.1. The number of carbonyl (C=O) groups is 2. The third kappa shape index (κ3) is 6.52. The van der Waals surface area contributed by atoms with E-state index in [-0.39, 0.29) is 36.3 Å². The molecule has 2 aromatic carbocycles. The van der Waals surface area contributed by atoms with E-state index in [9.17, 15) is 28.6 Å². The molecule has 0 fully saturated rings. The van der Waals surface area contributed by atoms with Gasteiger partial charge in [0.1, 0.15) is 23.1 Å². The maximum atomic E-state index is 14.0. The molecule has 0 saturated carbocycles. The van der Waals surface area contributed by atoms with Crippen molar-refractivity contribution in [2.45, 2.75) is 25.5 Å². The molecule has 1 aliphatic carbocycles. The minimum absolute atomic E-state index is 0.00640. The highest BCUT2D eigenvalue weighted by molar-refractivity contribution is 5.96. The monoisotopic (exact) mass is 515 g/mol. The summed E-state index contributed by atoms with van der Waals surface area (Å²) in [6.45, 7) is 0.354. The van der Waals surface area contributed by atoms with Crippen LogP contribution in [0.2, 0.25) is 0 Å². The molecule has 2 amide bonds. The lowest BCUT2D eigenvalue weighted by molar-refractivity contribution is -0.131. The van der Waals surface area contributed by atoms with Crippen LogP contribution in [-0.2, 0) is 22.6 Å². The Morgan fingerprint density at radius 3 is 2.49 bits per heavy atom. The van der Waals surface area contributed by atoms with Gasteiger partial charge in [-0.25, -0.2) is 8.78 Å². The molecule has 3 rings (SSSR count). The summed E-state index contributed by atoms with van der Waals surface area (Å²) >= 11 is 0. The number of rotatable bonds is 11. The summed E-state index contributed by atoms with van der Waals surface area (Å²) in [4.78, 5) is 25.3. The lowest BCUT2D eigenvalue weighted by Crippen LogP contribution is -2.51. The number of hydrogen-bond acceptors (Lipinski definition) is 6. The maximum absolute atomic E-state index is 14.0. The van der Waals surface area contributed by atoms with Gasteiger partial charge in [0, 0.05) is 32.1 Å². The van der Waals surface area contributed by atoms with Gasteiger partial charge in [0.25, 0.3) is 5.91 Å². The van der Waals surface area contributed by atoms with Crippen LogP contribution >= 0.6 is 0 Å². The summed E-state index contributed by atoms with van der Waals surface area (Å²) in [7, 11) is 2.92. The molecule has 0 radical (unpaired) electrons. The van der Waals surface area contributed by atoms with Crippen molar-refractivity contribution >= 4 is 11.8 Å². The fourth-order valence-corrected chi connectivity index (χ4v) is 4.66. The zero-order chi connectivity index (χ0) is 27.2. The van der Waals surface area contributed by atoms with Gasteiger partial charge in [-0.1, -0.05) is 18.2 Å². The van der Waals surface area contributed by atoms with E-state index in [0.717, 1.165) is 23.8 Å². The number of primary amides is 1. The number of benzene rings is 2. The third-order valence-corrected chi connectivity index (χ3v) is 6.60. The van der Waals surface area contributed by atoms with Crippen LogP contribution < -0.4 is 21.1 Å². The molecule has 10 heteroatoms. The minimum atomic E-state index is -1.63. The van der Waals surface area contributed by atoms with Gasteiger partial charge in [0.05, 0.1) is 24.2 Å². The number of allylic oxidation sites excluding steroid dienone is 1. The molecule has 0 aliphatic heterocycles. The Morgan fingerprint density at radius 1 is 1.16 bits per heavy atom. The predicted molar refractivity (Wildman–Crippen MR) is 133 cm³/mol. The molecular formula is C27H31F2N3O5. The van der Waals surface area contributed by atoms with Crippen LogP contribution in [0.5, 0.6) is 5.75 Å². The molecule has 0 bridgehead atoms. The maximum Gasteiger partial charge on any atom is 0.250 e. The molecular weight excluding hydrogens is 484 g/mol. The first-order valence-electron chi connectivity index (χ1n) is 11.7. The van der Waals surface area contributed by atoms with Crippen LogP contribution in [-0.4, -0.2) is 48.8 Å². The van der Waals surface area contributed by atoms with Crippen LogP contribution in [0.1, 0.15) is 17.5 Å². The predicted octanol–water partition coefficient (Wildman–Crippen LogP) is 2.27. The summed E-state index contributed by atoms with van der Waals surface area (Å²) in [5.74, 6) is -3.77. The number of aliphatic hydroxyl groups is 2. The molecule has 1 aliphatic rings. The molecule has 0 spiro atoms. The molecule has 0 aromatic heterocycles. The van der Waals surface area contributed by atoms with Crippen LogP contribution in [0.4, 0.5) is 8.78 Å². The molecule has 37 heavy (non-hydrogen) atoms. The molecule has 3 atom stereocenters. The van der Waals surface area contributed by atoms with E-state index in [0.29, 0.717) is 12.3 Å². The number of ether oxygens (including phenoxy) is 1. The summed E-state index contributed by atoms with van der Waals surface area (Å²) in [6.07, 6.45) is 0.864. The van der Waals surface area contributed by atoms with E-state index in [2.05, 4.69) is 10.6 Å². The van der Waals surface area contributed by atoms with Gasteiger partial charge in [-0.3, -0.25) is 9.59 Å². The number of methoxy groups -OCH3 is 1. The van der Waals surface area contributed by atoms with E-state index in [1.165, 1.54) is 19.2 Å². The first-order valence-corrected chi connectivity index (χ1v) is 11.7. The molecule has 8 nitrogen and oxygen atoms in total. The second-order valence-corrected chi connectivity index (χ2v) is 9.00. The lowest BCUT2D eigenvalue weighted by Gasteiger charge is -2.41. The van der Waals surface area contributed by atoms with E-state index >= 15 is 0 Å². The fourth-order valence-electron chi connectivity index (χ4n) is 4.66. The van der Waals surface area contributed by atoms with E-state index in [4.69, 9.17) is 10.5 Å². The Hall–Kier alpha value is -3.76. The smallest absolute Gasteiger partial charge is 0.250 e. The van der Waals surface area contributed by atoms with Crippen molar-refractivity contribution in [3.05, 3.63) is 88.7 Å². The number of likely N-dealkylation sites (N-methyl/N-ethyl adjacent to an activating group) is 1. The molecule has 1 unspecified atom stereocenters. The Labute approximate surface area is 213 Å². The normalized spacial score (nSPS) is 18.8. The van der Waals surface area contributed by atoms with Gasteiger partial charge in [-0.05, 0) is 54.3 Å². The number of amides is 2. The Morgan fingerprint density at radius 2 is 1.86 bits per heavy atom. The molecule has 198 valence electrons. The molecule has 2 aromatic rings. The van der Waals surface area contributed by atoms with Crippen molar-refractivity contribution in [3.63, 3.8) is 0 Å². The lowest BCUT2D eigenvalue weighted by atomic mass is 9.64.